The summed E-state index contributed by atoms with van der Waals surface area (Å²) in [5.41, 5.74) is 0.274. The second kappa shape index (κ2) is 3.51. The summed E-state index contributed by atoms with van der Waals surface area (Å²) >= 11 is 3.49. The van der Waals surface area contributed by atoms with Crippen molar-refractivity contribution in [3.05, 3.63) is 0 Å². The maximum Gasteiger partial charge on any atom is 0.226 e. The van der Waals surface area contributed by atoms with Gasteiger partial charge in [-0.3, -0.25) is 4.79 Å². The number of hydrogen-bond donors (Lipinski definition) is 0. The van der Waals surface area contributed by atoms with Gasteiger partial charge < -0.3 is 4.90 Å². The monoisotopic (exact) mass is 259 g/mol. The molecule has 1 amide bonds. The fourth-order valence-corrected chi connectivity index (χ4v) is 3.05. The summed E-state index contributed by atoms with van der Waals surface area (Å²) in [5.74, 6) is 0.708. The van der Waals surface area contributed by atoms with Crippen LogP contribution in [0.3, 0.4) is 0 Å². The van der Waals surface area contributed by atoms with Crippen molar-refractivity contribution in [1.82, 2.24) is 4.90 Å². The van der Waals surface area contributed by atoms with Gasteiger partial charge in [0.15, 0.2) is 0 Å². The molecule has 1 heterocycles. The quantitative estimate of drug-likeness (QED) is 0.698. The Hall–Kier alpha value is -0.0500. The second-order valence-corrected chi connectivity index (χ2v) is 5.87. The highest BCUT2D eigenvalue weighted by atomic mass is 79.9. The van der Waals surface area contributed by atoms with Crippen LogP contribution in [-0.2, 0) is 4.79 Å². The van der Waals surface area contributed by atoms with Crippen LogP contribution in [0.15, 0.2) is 0 Å². The molecule has 0 N–H and O–H groups in total. The third kappa shape index (κ3) is 1.71. The van der Waals surface area contributed by atoms with Gasteiger partial charge in [-0.05, 0) is 24.7 Å². The summed E-state index contributed by atoms with van der Waals surface area (Å²) in [4.78, 5) is 14.2. The summed E-state index contributed by atoms with van der Waals surface area (Å²) in [7, 11) is 0. The van der Waals surface area contributed by atoms with Crippen molar-refractivity contribution in [2.75, 3.05) is 11.9 Å². The average Bonchev–Trinajstić information content (AvgIpc) is 2.64. The van der Waals surface area contributed by atoms with E-state index < -0.39 is 0 Å². The van der Waals surface area contributed by atoms with Crippen LogP contribution in [0.1, 0.15) is 33.1 Å². The third-order valence-electron chi connectivity index (χ3n) is 3.65. The molecule has 0 aromatic heterocycles. The molecule has 0 radical (unpaired) electrons. The minimum atomic E-state index is 0.274. The maximum absolute atomic E-state index is 12.1. The minimum Gasteiger partial charge on any atom is -0.339 e. The number of rotatable bonds is 2. The van der Waals surface area contributed by atoms with Crippen molar-refractivity contribution in [3.63, 3.8) is 0 Å². The summed E-state index contributed by atoms with van der Waals surface area (Å²) in [6, 6.07) is 0.457. The average molecular weight is 260 g/mol. The van der Waals surface area contributed by atoms with Gasteiger partial charge in [-0.15, -0.1) is 0 Å². The van der Waals surface area contributed by atoms with Gasteiger partial charge in [-0.1, -0.05) is 29.8 Å². The largest absolute Gasteiger partial charge is 0.339 e. The van der Waals surface area contributed by atoms with Crippen LogP contribution in [0.4, 0.5) is 0 Å². The van der Waals surface area contributed by atoms with Gasteiger partial charge in [-0.25, -0.2) is 0 Å². The van der Waals surface area contributed by atoms with E-state index in [1.165, 1.54) is 12.8 Å². The molecule has 2 atom stereocenters. The maximum atomic E-state index is 12.1. The van der Waals surface area contributed by atoms with Crippen LogP contribution in [0.2, 0.25) is 0 Å². The molecule has 2 aliphatic rings. The number of hydrogen-bond acceptors (Lipinski definition) is 1. The van der Waals surface area contributed by atoms with Crippen molar-refractivity contribution in [1.29, 1.82) is 0 Å². The molecular weight excluding hydrogens is 242 g/mol. The Balaban J connectivity index is 1.98. The Morgan fingerprint density at radius 2 is 2.21 bits per heavy atom. The number of nitrogens with zero attached hydrogens (tertiary/aromatic N) is 1. The zero-order valence-electron chi connectivity index (χ0n) is 8.92. The number of likely N-dealkylation sites (tertiary alicyclic amines) is 1. The van der Waals surface area contributed by atoms with Crippen LogP contribution in [-0.4, -0.2) is 28.7 Å². The molecule has 1 saturated carbocycles. The lowest BCUT2D eigenvalue weighted by molar-refractivity contribution is -0.133. The fraction of sp³-hybridized carbons (Fsp3) is 0.909. The SMILES string of the molecule is CC1(C)CC1C(=O)N1CCC[C@H]1CBr. The lowest BCUT2D eigenvalue weighted by atomic mass is 10.1. The molecule has 14 heavy (non-hydrogen) atoms. The summed E-state index contributed by atoms with van der Waals surface area (Å²) in [6.45, 7) is 5.35. The molecule has 1 aliphatic carbocycles. The molecule has 0 spiro atoms. The fourth-order valence-electron chi connectivity index (χ4n) is 2.38. The van der Waals surface area contributed by atoms with E-state index in [-0.39, 0.29) is 5.41 Å². The molecule has 0 aromatic carbocycles. The van der Waals surface area contributed by atoms with E-state index >= 15 is 0 Å². The number of carbonyl (C=O) groups is 1. The van der Waals surface area contributed by atoms with Crippen LogP contribution in [0, 0.1) is 11.3 Å². The number of halogens is 1. The Morgan fingerprint density at radius 1 is 1.57 bits per heavy atom. The standard InChI is InChI=1S/C11H18BrNO/c1-11(2)6-9(11)10(14)13-5-3-4-8(13)7-12/h8-9H,3-7H2,1-2H3/t8-,9?/m0/s1. The third-order valence-corrected chi connectivity index (χ3v) is 4.40. The summed E-state index contributed by atoms with van der Waals surface area (Å²) < 4.78 is 0. The smallest absolute Gasteiger partial charge is 0.226 e. The highest BCUT2D eigenvalue weighted by Crippen LogP contribution is 2.53. The highest BCUT2D eigenvalue weighted by molar-refractivity contribution is 9.09. The van der Waals surface area contributed by atoms with Crippen LogP contribution >= 0.6 is 15.9 Å². The van der Waals surface area contributed by atoms with Crippen molar-refractivity contribution < 1.29 is 4.79 Å². The molecule has 1 saturated heterocycles. The molecule has 0 aromatic rings. The second-order valence-electron chi connectivity index (χ2n) is 5.23. The van der Waals surface area contributed by atoms with Crippen LogP contribution in [0.5, 0.6) is 0 Å². The minimum absolute atomic E-state index is 0.274. The van der Waals surface area contributed by atoms with Gasteiger partial charge in [0.25, 0.3) is 0 Å². The molecule has 1 aliphatic heterocycles. The number of amides is 1. The first kappa shape index (κ1) is 10.5. The normalized spacial score (nSPS) is 34.6. The first-order valence-electron chi connectivity index (χ1n) is 5.43. The summed E-state index contributed by atoms with van der Waals surface area (Å²) in [5, 5.41) is 0.936. The first-order valence-corrected chi connectivity index (χ1v) is 6.55. The molecular formula is C11H18BrNO. The van der Waals surface area contributed by atoms with Crippen LogP contribution in [0.25, 0.3) is 0 Å². The van der Waals surface area contributed by atoms with Crippen molar-refractivity contribution in [2.45, 2.75) is 39.2 Å². The molecule has 0 bridgehead atoms. The summed E-state index contributed by atoms with van der Waals surface area (Å²) in [6.07, 6.45) is 3.43. The predicted molar refractivity (Wildman–Crippen MR) is 60.4 cm³/mol. The van der Waals surface area contributed by atoms with Gasteiger partial charge in [0.2, 0.25) is 5.91 Å². The molecule has 2 nitrogen and oxygen atoms in total. The van der Waals surface area contributed by atoms with Crippen molar-refractivity contribution in [2.24, 2.45) is 11.3 Å². The van der Waals surface area contributed by atoms with Gasteiger partial charge in [0.05, 0.1) is 0 Å². The first-order chi connectivity index (χ1) is 6.56. The highest BCUT2D eigenvalue weighted by Gasteiger charge is 2.52. The van der Waals surface area contributed by atoms with Gasteiger partial charge in [0.1, 0.15) is 0 Å². The van der Waals surface area contributed by atoms with E-state index in [1.54, 1.807) is 0 Å². The van der Waals surface area contributed by atoms with E-state index in [0.29, 0.717) is 17.9 Å². The van der Waals surface area contributed by atoms with E-state index in [9.17, 15) is 4.79 Å². The molecule has 2 fully saturated rings. The molecule has 1 unspecified atom stereocenters. The van der Waals surface area contributed by atoms with Gasteiger partial charge in [0, 0.05) is 23.8 Å². The molecule has 3 heteroatoms. The van der Waals surface area contributed by atoms with E-state index in [2.05, 4.69) is 34.7 Å². The van der Waals surface area contributed by atoms with E-state index in [4.69, 9.17) is 0 Å². The topological polar surface area (TPSA) is 20.3 Å². The zero-order chi connectivity index (χ0) is 10.3. The Morgan fingerprint density at radius 3 is 2.71 bits per heavy atom. The Bertz CT molecular complexity index is 252. The predicted octanol–water partition coefficient (Wildman–Crippen LogP) is 2.42. The lowest BCUT2D eigenvalue weighted by Gasteiger charge is -2.23. The van der Waals surface area contributed by atoms with Crippen LogP contribution < -0.4 is 0 Å². The van der Waals surface area contributed by atoms with E-state index in [1.807, 2.05) is 0 Å². The Labute approximate surface area is 94.2 Å². The van der Waals surface area contributed by atoms with Crippen molar-refractivity contribution >= 4 is 21.8 Å². The van der Waals surface area contributed by atoms with E-state index in [0.717, 1.165) is 18.3 Å². The number of carbonyl (C=O) groups excluding carboxylic acids is 1. The van der Waals surface area contributed by atoms with Crippen molar-refractivity contribution in [3.8, 4) is 0 Å². The molecule has 80 valence electrons. The van der Waals surface area contributed by atoms with Gasteiger partial charge in [-0.2, -0.15) is 0 Å². The Kier molecular flexibility index (Phi) is 2.63. The van der Waals surface area contributed by atoms with Gasteiger partial charge >= 0.3 is 0 Å². The lowest BCUT2D eigenvalue weighted by Crippen LogP contribution is -2.38. The molecule has 2 rings (SSSR count). The zero-order valence-corrected chi connectivity index (χ0v) is 10.5. The number of alkyl halides is 1.